The number of fused-ring (bicyclic) bond motifs is 4. The predicted octanol–water partition coefficient (Wildman–Crippen LogP) is 5.98. The van der Waals surface area contributed by atoms with Crippen molar-refractivity contribution in [3.05, 3.63) is 164 Å². The number of nitrogens with zero attached hydrogens (tertiary/aromatic N) is 9. The van der Waals surface area contributed by atoms with E-state index in [1.807, 2.05) is 53.7 Å². The van der Waals surface area contributed by atoms with Gasteiger partial charge in [-0.1, -0.05) is 12.1 Å². The molecule has 4 aromatic heterocycles. The van der Waals surface area contributed by atoms with Gasteiger partial charge in [0.25, 0.3) is 34.7 Å². The first kappa shape index (κ1) is 83.2. The number of pyridine rings is 4. The lowest BCUT2D eigenvalue weighted by atomic mass is 9.88. The number of aliphatic carboxylic acids is 1. The second-order valence-electron chi connectivity index (χ2n) is 30.6. The summed E-state index contributed by atoms with van der Waals surface area (Å²) < 4.78 is 50.6. The molecule has 4 N–H and O–H groups in total. The van der Waals surface area contributed by atoms with Crippen LogP contribution in [0.25, 0.3) is 43.8 Å². The number of aromatic nitrogens is 4. The van der Waals surface area contributed by atoms with E-state index in [1.54, 1.807) is 94.7 Å². The molecule has 33 heteroatoms. The van der Waals surface area contributed by atoms with Crippen molar-refractivity contribution in [3.63, 3.8) is 0 Å². The van der Waals surface area contributed by atoms with Crippen molar-refractivity contribution in [2.24, 2.45) is 14.1 Å². The summed E-state index contributed by atoms with van der Waals surface area (Å²) in [5.74, 6) is -2.43. The molecular formula is C86H94N12O21. The van der Waals surface area contributed by atoms with E-state index >= 15 is 0 Å². The van der Waals surface area contributed by atoms with E-state index in [1.165, 1.54) is 18.2 Å². The summed E-state index contributed by atoms with van der Waals surface area (Å²) in [6.45, 7) is 9.05. The molecule has 33 nitrogen and oxygen atoms in total. The third-order valence-corrected chi connectivity index (χ3v) is 23.3. The lowest BCUT2D eigenvalue weighted by Crippen LogP contribution is -2.57. The number of hydrogen-bond donors (Lipinski definition) is 4. The number of hydrogen-bond acceptors (Lipinski definition) is 25. The number of amides is 9. The number of nitrogens with one attached hydrogen (secondary N) is 3. The average Bonchev–Trinajstić information content (AvgIpc) is 1.64. The van der Waals surface area contributed by atoms with E-state index in [9.17, 15) is 57.5 Å². The number of carbonyl (C=O) groups is 10. The minimum absolute atomic E-state index is 0.00984. The number of carboxylic acid groups (broad SMARTS) is 1. The van der Waals surface area contributed by atoms with Gasteiger partial charge >= 0.3 is 5.97 Å². The van der Waals surface area contributed by atoms with Crippen LogP contribution in [0.5, 0.6) is 34.5 Å². The summed E-state index contributed by atoms with van der Waals surface area (Å²) in [6.07, 6.45) is 14.8. The fourth-order valence-corrected chi connectivity index (χ4v) is 16.9. The zero-order valence-electron chi connectivity index (χ0n) is 67.1. The third-order valence-electron chi connectivity index (χ3n) is 23.3. The van der Waals surface area contributed by atoms with E-state index in [-0.39, 0.29) is 115 Å². The molecule has 624 valence electrons. The van der Waals surface area contributed by atoms with Crippen molar-refractivity contribution < 1.29 is 90.9 Å². The third kappa shape index (κ3) is 17.4. The van der Waals surface area contributed by atoms with Crippen molar-refractivity contribution in [1.82, 2.24) is 59.6 Å². The number of carboxylic acids is 1. The Hall–Kier alpha value is -12.3. The van der Waals surface area contributed by atoms with Gasteiger partial charge in [0, 0.05) is 154 Å². The highest BCUT2D eigenvalue weighted by molar-refractivity contribution is 6.25. The van der Waals surface area contributed by atoms with Crippen LogP contribution in [0.3, 0.4) is 0 Å². The topological polar surface area (TPSA) is 387 Å². The van der Waals surface area contributed by atoms with E-state index in [0.717, 1.165) is 144 Å². The molecule has 0 radical (unpaired) electrons. The summed E-state index contributed by atoms with van der Waals surface area (Å²) in [4.78, 5) is 165. The van der Waals surface area contributed by atoms with Gasteiger partial charge in [0.15, 0.2) is 0 Å². The van der Waals surface area contributed by atoms with Crippen molar-refractivity contribution >= 4 is 80.7 Å². The average molecular weight is 1630 g/mol. The maximum absolute atomic E-state index is 13.5. The quantitative estimate of drug-likeness (QED) is 0.0448. The van der Waals surface area contributed by atoms with Gasteiger partial charge in [-0.3, -0.25) is 97.7 Å². The van der Waals surface area contributed by atoms with Gasteiger partial charge in [0.05, 0.1) is 110 Å². The fourth-order valence-electron chi connectivity index (χ4n) is 16.9. The van der Waals surface area contributed by atoms with E-state index in [4.69, 9.17) is 43.0 Å². The fraction of sp³-hybridized carbons (Fsp3) is 0.419. The first-order valence-electron chi connectivity index (χ1n) is 39.7. The number of carbonyl (C=O) groups excluding carboxylic acids is 9. The van der Waals surface area contributed by atoms with Gasteiger partial charge < -0.3 is 62.4 Å². The highest BCUT2D eigenvalue weighted by atomic mass is 16.5. The Morgan fingerprint density at radius 2 is 0.958 bits per heavy atom. The number of methoxy groups -OCH3 is 4. The second kappa shape index (κ2) is 35.9. The van der Waals surface area contributed by atoms with Crippen LogP contribution < -0.4 is 55.5 Å². The Morgan fingerprint density at radius 3 is 1.38 bits per heavy atom. The Labute approximate surface area is 683 Å². The number of benzene rings is 4. The molecule has 8 aliphatic heterocycles. The van der Waals surface area contributed by atoms with Crippen LogP contribution >= 0.6 is 0 Å². The molecule has 2 spiro atoms. The monoisotopic (exact) mass is 1630 g/mol. The summed E-state index contributed by atoms with van der Waals surface area (Å²) in [5, 5.41) is 19.2. The van der Waals surface area contributed by atoms with E-state index in [2.05, 4.69) is 35.7 Å². The Kier molecular flexibility index (Phi) is 25.1. The van der Waals surface area contributed by atoms with Gasteiger partial charge in [0.2, 0.25) is 29.5 Å². The maximum atomic E-state index is 13.5. The largest absolute Gasteiger partial charge is 0.496 e. The standard InChI is InChI=1S/C43H46N6O10.C26H32N4O4.C17H16N2O7/c1-46-23-30(27-11-14-44-22-29(27)40(46)53)26-20-34(56-2)31(35(21-26)57-3)24-47-15-12-43(13-16-47)25-48(17-19-59-43)37(51)8-5-18-58-33-7-4-6-28-38(33)42(55)49(41(28)54)32-9-10-36(50)45-39(32)52;1-29-15-21(19-4-7-27-14-20(19)25(29)31)18-12-23(32-2)22(24(13-18)33-3)16-30-9-5-26(6-10-30)17-28-8-11-34-26;20-12-7-6-10(15(23)18-12)19-16(24)9-3-1-4-11(14(9)17(19)25)26-8-2-5-13(21)22/h4,6-7,11,14,20-23,32H,5,8-10,12-13,15-19,24-25H2,1-3H3,(H,45,50,52);4,7,12-15,28H,5-6,8-11,16-17H2,1-3H3;1,3-4,10H,2,5-8H2,(H,21,22)(H,18,20,23). The Morgan fingerprint density at radius 1 is 0.521 bits per heavy atom. The number of rotatable bonds is 22. The van der Waals surface area contributed by atoms with Crippen molar-refractivity contribution in [3.8, 4) is 56.8 Å². The van der Waals surface area contributed by atoms with Gasteiger partial charge in [-0.25, -0.2) is 0 Å². The van der Waals surface area contributed by atoms with E-state index < -0.39 is 70.9 Å². The Balaban J connectivity index is 0.000000163. The molecule has 9 amide bonds. The SMILES string of the molecule is COc1cc(-c2cn(C)c(=O)c3cnccc23)cc(OC)c1CN1CCC2(CC1)CN(C(=O)CCCOc1cccc3c1C(=O)N(C1CCC(=O)NC1=O)C3=O)CCO2.COc1cc(-c2cn(C)c(=O)c3cnccc23)cc(OC)c1CN1CCC2(CC1)CNCCO2.O=C(O)CCCOc1cccc2c1C(=O)N(C1CCC(=O)NC1=O)C2=O. The zero-order chi connectivity index (χ0) is 84.0. The van der Waals surface area contributed by atoms with Gasteiger partial charge in [-0.2, -0.15) is 0 Å². The Bertz CT molecular complexity index is 5420. The number of ether oxygens (including phenoxy) is 8. The molecule has 8 aliphatic rings. The molecule has 8 aromatic rings. The molecule has 119 heavy (non-hydrogen) atoms. The van der Waals surface area contributed by atoms with Gasteiger partial charge in [0.1, 0.15) is 46.6 Å². The van der Waals surface area contributed by atoms with Crippen molar-refractivity contribution in [2.45, 2.75) is 113 Å². The molecule has 12 heterocycles. The normalized spacial score (nSPS) is 19.0. The van der Waals surface area contributed by atoms with Crippen LogP contribution in [-0.4, -0.2) is 238 Å². The predicted molar refractivity (Wildman–Crippen MR) is 430 cm³/mol. The van der Waals surface area contributed by atoms with Crippen molar-refractivity contribution in [1.29, 1.82) is 0 Å². The molecule has 0 bridgehead atoms. The zero-order valence-corrected chi connectivity index (χ0v) is 67.1. The summed E-state index contributed by atoms with van der Waals surface area (Å²) in [5.41, 5.74) is 5.26. The van der Waals surface area contributed by atoms with Gasteiger partial charge in [-0.15, -0.1) is 0 Å². The molecule has 6 saturated heterocycles. The number of morpholine rings is 2. The molecule has 4 aromatic carbocycles. The summed E-state index contributed by atoms with van der Waals surface area (Å²) >= 11 is 0. The van der Waals surface area contributed by atoms with E-state index in [0.29, 0.717) is 54.9 Å². The minimum atomic E-state index is -1.07. The molecule has 16 rings (SSSR count). The molecule has 2 unspecified atom stereocenters. The smallest absolute Gasteiger partial charge is 0.303 e. The van der Waals surface area contributed by atoms with Gasteiger partial charge in [-0.05, 0) is 134 Å². The number of likely N-dealkylation sites (tertiary alicyclic amines) is 2. The molecule has 0 aliphatic carbocycles. The summed E-state index contributed by atoms with van der Waals surface area (Å²) in [7, 11) is 10.1. The first-order valence-corrected chi connectivity index (χ1v) is 39.7. The highest BCUT2D eigenvalue weighted by Crippen LogP contribution is 2.43. The second-order valence-corrected chi connectivity index (χ2v) is 30.6. The van der Waals surface area contributed by atoms with Crippen LogP contribution in [0, 0.1) is 0 Å². The van der Waals surface area contributed by atoms with Crippen LogP contribution in [0.2, 0.25) is 0 Å². The minimum Gasteiger partial charge on any atom is -0.496 e. The van der Waals surface area contributed by atoms with Crippen LogP contribution in [-0.2, 0) is 65.4 Å². The van der Waals surface area contributed by atoms with Crippen LogP contribution in [0.15, 0.2) is 120 Å². The molecule has 2 atom stereocenters. The maximum Gasteiger partial charge on any atom is 0.303 e. The summed E-state index contributed by atoms with van der Waals surface area (Å²) in [6, 6.07) is 18.9. The highest BCUT2D eigenvalue weighted by Gasteiger charge is 2.49. The lowest BCUT2D eigenvalue weighted by Gasteiger charge is -2.47. The van der Waals surface area contributed by atoms with Crippen molar-refractivity contribution in [2.75, 3.05) is 107 Å². The molecular weight excluding hydrogens is 1540 g/mol. The number of aryl methyl sites for hydroxylation is 2. The van der Waals surface area contributed by atoms with Crippen LogP contribution in [0.4, 0.5) is 0 Å². The number of imide groups is 4. The lowest BCUT2D eigenvalue weighted by molar-refractivity contribution is -0.160. The first-order chi connectivity index (χ1) is 57.4. The molecule has 6 fully saturated rings. The van der Waals surface area contributed by atoms with Crippen LogP contribution in [0.1, 0.15) is 130 Å². The number of piperidine rings is 4. The molecule has 0 saturated carbocycles.